The van der Waals surface area contributed by atoms with Crippen molar-refractivity contribution in [1.82, 2.24) is 0 Å². The second kappa shape index (κ2) is 3.86. The first-order valence-corrected chi connectivity index (χ1v) is 5.52. The van der Waals surface area contributed by atoms with E-state index in [2.05, 4.69) is 0 Å². The van der Waals surface area contributed by atoms with Gasteiger partial charge in [-0.1, -0.05) is 30.7 Å². The second-order valence-electron chi connectivity index (χ2n) is 3.83. The summed E-state index contributed by atoms with van der Waals surface area (Å²) in [5, 5.41) is 0.703. The fourth-order valence-electron chi connectivity index (χ4n) is 2.03. The first-order valence-electron chi connectivity index (χ1n) is 5.14. The monoisotopic (exact) mass is 224 g/mol. The zero-order chi connectivity index (χ0) is 10.9. The molecule has 1 atom stereocenters. The van der Waals surface area contributed by atoms with E-state index in [4.69, 9.17) is 16.3 Å². The molecule has 1 aromatic carbocycles. The quantitative estimate of drug-likeness (QED) is 0.721. The molecule has 0 spiro atoms. The molecule has 0 radical (unpaired) electrons. The minimum Gasteiger partial charge on any atom is -0.454 e. The van der Waals surface area contributed by atoms with Gasteiger partial charge in [-0.3, -0.25) is 4.79 Å². The van der Waals surface area contributed by atoms with Crippen molar-refractivity contribution < 1.29 is 9.53 Å². The van der Waals surface area contributed by atoms with Crippen molar-refractivity contribution in [3.05, 3.63) is 34.9 Å². The summed E-state index contributed by atoms with van der Waals surface area (Å²) in [4.78, 5) is 11.2. The third-order valence-corrected chi connectivity index (χ3v) is 3.24. The van der Waals surface area contributed by atoms with Gasteiger partial charge >= 0.3 is 5.97 Å². The Morgan fingerprint density at radius 1 is 1.40 bits per heavy atom. The molecule has 0 bridgehead atoms. The highest BCUT2D eigenvalue weighted by Gasteiger charge is 2.40. The lowest BCUT2D eigenvalue weighted by atomic mass is 9.88. The molecule has 2 rings (SSSR count). The number of carbonyl (C=O) groups is 1. The Hall–Kier alpha value is -1.02. The topological polar surface area (TPSA) is 26.3 Å². The highest BCUT2D eigenvalue weighted by molar-refractivity contribution is 6.30. The lowest BCUT2D eigenvalue weighted by molar-refractivity contribution is -0.149. The molecule has 80 valence electrons. The number of ether oxygens (including phenoxy) is 1. The van der Waals surface area contributed by atoms with E-state index in [0.717, 1.165) is 18.4 Å². The van der Waals surface area contributed by atoms with Gasteiger partial charge in [0.25, 0.3) is 0 Å². The second-order valence-corrected chi connectivity index (χ2v) is 4.27. The first-order chi connectivity index (χ1) is 7.16. The third-order valence-electron chi connectivity index (χ3n) is 2.98. The van der Waals surface area contributed by atoms with E-state index in [1.165, 1.54) is 0 Å². The summed E-state index contributed by atoms with van der Waals surface area (Å²) in [5.41, 5.74) is 0.627. The summed E-state index contributed by atoms with van der Waals surface area (Å²) >= 11 is 5.83. The molecule has 0 aromatic heterocycles. The van der Waals surface area contributed by atoms with Gasteiger partial charge in [-0.25, -0.2) is 0 Å². The number of esters is 1. The van der Waals surface area contributed by atoms with Gasteiger partial charge in [0.2, 0.25) is 0 Å². The smallest absolute Gasteiger partial charge is 0.306 e. The maximum atomic E-state index is 11.2. The Morgan fingerprint density at radius 2 is 2.07 bits per heavy atom. The molecule has 1 saturated heterocycles. The Kier molecular flexibility index (Phi) is 2.70. The minimum atomic E-state index is -0.415. The lowest BCUT2D eigenvalue weighted by Crippen LogP contribution is -2.24. The summed E-state index contributed by atoms with van der Waals surface area (Å²) in [6, 6.07) is 7.54. The van der Waals surface area contributed by atoms with Crippen LogP contribution in [0, 0.1) is 0 Å². The third kappa shape index (κ3) is 1.86. The number of carbonyl (C=O) groups excluding carboxylic acids is 1. The Balaban J connectivity index is 2.34. The molecule has 0 N–H and O–H groups in total. The van der Waals surface area contributed by atoms with E-state index in [1.807, 2.05) is 31.2 Å². The van der Waals surface area contributed by atoms with Gasteiger partial charge < -0.3 is 4.74 Å². The minimum absolute atomic E-state index is 0.105. The molecule has 1 heterocycles. The summed E-state index contributed by atoms with van der Waals surface area (Å²) in [5.74, 6) is -0.105. The van der Waals surface area contributed by atoms with Gasteiger partial charge in [0.15, 0.2) is 0 Å². The SMILES string of the molecule is CC[C@@]1(c2ccc(Cl)cc2)CCC(=O)O1. The van der Waals surface area contributed by atoms with E-state index in [9.17, 15) is 4.79 Å². The van der Waals surface area contributed by atoms with Crippen LogP contribution in [0.25, 0.3) is 0 Å². The first kappa shape index (κ1) is 10.5. The summed E-state index contributed by atoms with van der Waals surface area (Å²) in [6.07, 6.45) is 2.08. The molecule has 1 aliphatic rings. The fourth-order valence-corrected chi connectivity index (χ4v) is 2.16. The van der Waals surface area contributed by atoms with Crippen LogP contribution in [0.4, 0.5) is 0 Å². The van der Waals surface area contributed by atoms with E-state index in [0.29, 0.717) is 11.4 Å². The molecule has 0 aliphatic carbocycles. The molecule has 1 aliphatic heterocycles. The van der Waals surface area contributed by atoms with E-state index in [-0.39, 0.29) is 5.97 Å². The van der Waals surface area contributed by atoms with Crippen LogP contribution in [0.1, 0.15) is 31.7 Å². The summed E-state index contributed by atoms with van der Waals surface area (Å²) in [6.45, 7) is 2.03. The van der Waals surface area contributed by atoms with Gasteiger partial charge in [0.05, 0.1) is 0 Å². The van der Waals surface area contributed by atoms with Gasteiger partial charge in [0, 0.05) is 17.9 Å². The zero-order valence-electron chi connectivity index (χ0n) is 8.63. The highest BCUT2D eigenvalue weighted by Crippen LogP contribution is 2.39. The van der Waals surface area contributed by atoms with Crippen LogP contribution in [0.2, 0.25) is 5.02 Å². The standard InChI is InChI=1S/C12H13ClO2/c1-2-12(8-7-11(14)15-12)9-3-5-10(13)6-4-9/h3-6H,2,7-8H2,1H3/t12-/m0/s1. The Labute approximate surface area is 94.2 Å². The largest absolute Gasteiger partial charge is 0.454 e. The van der Waals surface area contributed by atoms with Crippen molar-refractivity contribution in [3.8, 4) is 0 Å². The average molecular weight is 225 g/mol. The fraction of sp³-hybridized carbons (Fsp3) is 0.417. The summed E-state index contributed by atoms with van der Waals surface area (Å²) < 4.78 is 5.44. The molecule has 3 heteroatoms. The predicted octanol–water partition coefficient (Wildman–Crippen LogP) is 3.28. The molecule has 15 heavy (non-hydrogen) atoms. The summed E-state index contributed by atoms with van der Waals surface area (Å²) in [7, 11) is 0. The highest BCUT2D eigenvalue weighted by atomic mass is 35.5. The zero-order valence-corrected chi connectivity index (χ0v) is 9.38. The Morgan fingerprint density at radius 3 is 2.53 bits per heavy atom. The van der Waals surface area contributed by atoms with E-state index in [1.54, 1.807) is 0 Å². The number of hydrogen-bond donors (Lipinski definition) is 0. The van der Waals surface area contributed by atoms with Crippen molar-refractivity contribution in [2.75, 3.05) is 0 Å². The molecule has 0 amide bonds. The van der Waals surface area contributed by atoms with Crippen molar-refractivity contribution in [3.63, 3.8) is 0 Å². The van der Waals surface area contributed by atoms with Crippen LogP contribution in [0.15, 0.2) is 24.3 Å². The molecule has 1 fully saturated rings. The van der Waals surface area contributed by atoms with Crippen molar-refractivity contribution in [2.24, 2.45) is 0 Å². The predicted molar refractivity (Wildman–Crippen MR) is 58.7 cm³/mol. The van der Waals surface area contributed by atoms with Crippen molar-refractivity contribution in [1.29, 1.82) is 0 Å². The van der Waals surface area contributed by atoms with Crippen LogP contribution in [-0.2, 0) is 15.1 Å². The van der Waals surface area contributed by atoms with Crippen LogP contribution in [0.5, 0.6) is 0 Å². The molecule has 2 nitrogen and oxygen atoms in total. The number of hydrogen-bond acceptors (Lipinski definition) is 2. The number of rotatable bonds is 2. The van der Waals surface area contributed by atoms with E-state index >= 15 is 0 Å². The molecular formula is C12H13ClO2. The van der Waals surface area contributed by atoms with Gasteiger partial charge in [-0.05, 0) is 24.1 Å². The molecule has 0 unspecified atom stereocenters. The molecule has 1 aromatic rings. The normalized spacial score (nSPS) is 25.3. The molecular weight excluding hydrogens is 212 g/mol. The van der Waals surface area contributed by atoms with Crippen molar-refractivity contribution in [2.45, 2.75) is 31.8 Å². The van der Waals surface area contributed by atoms with E-state index < -0.39 is 5.60 Å². The number of halogens is 1. The maximum Gasteiger partial charge on any atom is 0.306 e. The van der Waals surface area contributed by atoms with Gasteiger partial charge in [-0.2, -0.15) is 0 Å². The van der Waals surface area contributed by atoms with Crippen LogP contribution in [-0.4, -0.2) is 5.97 Å². The molecule has 0 saturated carbocycles. The Bertz CT molecular complexity index is 372. The number of cyclic esters (lactones) is 1. The van der Waals surface area contributed by atoms with Gasteiger partial charge in [-0.15, -0.1) is 0 Å². The average Bonchev–Trinajstić information content (AvgIpc) is 2.62. The number of benzene rings is 1. The van der Waals surface area contributed by atoms with Crippen LogP contribution >= 0.6 is 11.6 Å². The maximum absolute atomic E-state index is 11.2. The lowest BCUT2D eigenvalue weighted by Gasteiger charge is -2.26. The van der Waals surface area contributed by atoms with Crippen LogP contribution in [0.3, 0.4) is 0 Å². The van der Waals surface area contributed by atoms with Gasteiger partial charge in [0.1, 0.15) is 5.60 Å². The van der Waals surface area contributed by atoms with Crippen LogP contribution < -0.4 is 0 Å². The van der Waals surface area contributed by atoms with Crippen molar-refractivity contribution >= 4 is 17.6 Å².